The zero-order valence-corrected chi connectivity index (χ0v) is 19.6. The first kappa shape index (κ1) is 24.7. The van der Waals surface area contributed by atoms with Crippen molar-refractivity contribution < 1.29 is 18.8 Å². The van der Waals surface area contributed by atoms with Gasteiger partial charge < -0.3 is 15.5 Å². The molecule has 1 aliphatic rings. The van der Waals surface area contributed by atoms with Crippen LogP contribution in [0.5, 0.6) is 0 Å². The Bertz CT molecular complexity index is 973. The van der Waals surface area contributed by atoms with Gasteiger partial charge in [0.2, 0.25) is 5.91 Å². The minimum atomic E-state index is -0.746. The summed E-state index contributed by atoms with van der Waals surface area (Å²) in [6.45, 7) is 4.83. The largest absolute Gasteiger partial charge is 0.352 e. The number of halogens is 2. The van der Waals surface area contributed by atoms with Gasteiger partial charge in [0.1, 0.15) is 11.9 Å². The molecule has 1 aliphatic heterocycles. The predicted molar refractivity (Wildman–Crippen MR) is 126 cm³/mol. The van der Waals surface area contributed by atoms with E-state index in [0.717, 1.165) is 6.42 Å². The van der Waals surface area contributed by atoms with E-state index in [1.165, 1.54) is 24.3 Å². The van der Waals surface area contributed by atoms with Crippen LogP contribution in [-0.4, -0.2) is 47.8 Å². The monoisotopic (exact) mass is 473 g/mol. The van der Waals surface area contributed by atoms with Gasteiger partial charge in [0.05, 0.1) is 0 Å². The molecule has 0 aromatic heterocycles. The number of nitrogens with one attached hydrogen (secondary N) is 2. The molecule has 2 atom stereocenters. The molecule has 6 nitrogen and oxygen atoms in total. The molecule has 0 radical (unpaired) electrons. The Labute approximate surface area is 198 Å². The number of carbonyl (C=O) groups is 3. The highest BCUT2D eigenvalue weighted by atomic mass is 35.5. The molecular formula is C25H29ClFN3O3. The molecule has 8 heteroatoms. The van der Waals surface area contributed by atoms with E-state index >= 15 is 0 Å². The first-order chi connectivity index (χ1) is 15.8. The standard InChI is InChI=1S/C25H29ClFN3O3/c1-3-16(2)28-24(32)22(29-23(31)18-6-10-21(27)11-7-18)17-12-14-30(15-13-17)25(33)19-4-8-20(26)9-5-19/h4-11,16-17,22H,3,12-15H2,1-2H3,(H,28,32)(H,29,31)/t16-,22+/m0/s1. The molecule has 0 saturated carbocycles. The fraction of sp³-hybridized carbons (Fsp3) is 0.400. The normalized spacial score (nSPS) is 16.1. The van der Waals surface area contributed by atoms with Crippen LogP contribution in [0, 0.1) is 11.7 Å². The number of piperidine rings is 1. The summed E-state index contributed by atoms with van der Waals surface area (Å²) in [5.74, 6) is -1.33. The van der Waals surface area contributed by atoms with Crippen LogP contribution < -0.4 is 10.6 Å². The van der Waals surface area contributed by atoms with Gasteiger partial charge >= 0.3 is 0 Å². The third kappa shape index (κ3) is 6.54. The van der Waals surface area contributed by atoms with E-state index in [1.54, 1.807) is 29.2 Å². The average Bonchev–Trinajstić information content (AvgIpc) is 2.82. The molecule has 2 N–H and O–H groups in total. The summed E-state index contributed by atoms with van der Waals surface area (Å²) in [7, 11) is 0. The Kier molecular flexibility index (Phi) is 8.44. The maximum absolute atomic E-state index is 13.2. The van der Waals surface area contributed by atoms with Crippen molar-refractivity contribution in [3.63, 3.8) is 0 Å². The number of benzene rings is 2. The number of amides is 3. The van der Waals surface area contributed by atoms with Crippen LogP contribution in [0.4, 0.5) is 4.39 Å². The SMILES string of the molecule is CC[C@H](C)NC(=O)[C@H](NC(=O)c1ccc(F)cc1)C1CCN(C(=O)c2ccc(Cl)cc2)CC1. The fourth-order valence-electron chi connectivity index (χ4n) is 3.87. The van der Waals surface area contributed by atoms with E-state index in [4.69, 9.17) is 11.6 Å². The first-order valence-electron chi connectivity index (χ1n) is 11.2. The van der Waals surface area contributed by atoms with E-state index in [0.29, 0.717) is 36.5 Å². The molecule has 0 spiro atoms. The lowest BCUT2D eigenvalue weighted by atomic mass is 9.88. The molecular weight excluding hydrogens is 445 g/mol. The maximum Gasteiger partial charge on any atom is 0.253 e. The van der Waals surface area contributed by atoms with E-state index in [1.807, 2.05) is 13.8 Å². The third-order valence-electron chi connectivity index (χ3n) is 6.07. The maximum atomic E-state index is 13.2. The van der Waals surface area contributed by atoms with E-state index in [2.05, 4.69) is 10.6 Å². The molecule has 33 heavy (non-hydrogen) atoms. The average molecular weight is 474 g/mol. The Balaban J connectivity index is 1.69. The minimum absolute atomic E-state index is 0.0331. The van der Waals surface area contributed by atoms with Crippen LogP contribution in [0.3, 0.4) is 0 Å². The van der Waals surface area contributed by atoms with Gasteiger partial charge in [-0.25, -0.2) is 4.39 Å². The summed E-state index contributed by atoms with van der Waals surface area (Å²) in [4.78, 5) is 40.3. The van der Waals surface area contributed by atoms with Crippen molar-refractivity contribution in [3.05, 3.63) is 70.5 Å². The predicted octanol–water partition coefficient (Wildman–Crippen LogP) is 4.04. The van der Waals surface area contributed by atoms with Crippen LogP contribution >= 0.6 is 11.6 Å². The fourth-order valence-corrected chi connectivity index (χ4v) is 3.99. The van der Waals surface area contributed by atoms with Gasteiger partial charge in [-0.05, 0) is 80.6 Å². The lowest BCUT2D eigenvalue weighted by molar-refractivity contribution is -0.125. The van der Waals surface area contributed by atoms with Crippen LogP contribution in [0.1, 0.15) is 53.8 Å². The van der Waals surface area contributed by atoms with E-state index < -0.39 is 17.8 Å². The molecule has 2 aromatic rings. The van der Waals surface area contributed by atoms with Gasteiger partial charge in [0.25, 0.3) is 11.8 Å². The van der Waals surface area contributed by atoms with Crippen molar-refractivity contribution >= 4 is 29.3 Å². The van der Waals surface area contributed by atoms with Crippen LogP contribution in [0.2, 0.25) is 5.02 Å². The highest BCUT2D eigenvalue weighted by Crippen LogP contribution is 2.23. The van der Waals surface area contributed by atoms with Gasteiger partial charge in [-0.3, -0.25) is 14.4 Å². The molecule has 0 unspecified atom stereocenters. The first-order valence-corrected chi connectivity index (χ1v) is 11.6. The smallest absolute Gasteiger partial charge is 0.253 e. The van der Waals surface area contributed by atoms with E-state index in [9.17, 15) is 18.8 Å². The molecule has 3 amide bonds. The van der Waals surface area contributed by atoms with Crippen LogP contribution in [0.15, 0.2) is 48.5 Å². The molecule has 176 valence electrons. The molecule has 0 bridgehead atoms. The zero-order chi connectivity index (χ0) is 24.0. The van der Waals surface area contributed by atoms with E-state index in [-0.39, 0.29) is 29.3 Å². The van der Waals surface area contributed by atoms with Crippen LogP contribution in [0.25, 0.3) is 0 Å². The lowest BCUT2D eigenvalue weighted by Crippen LogP contribution is -2.55. The summed E-state index contributed by atoms with van der Waals surface area (Å²) in [6, 6.07) is 11.2. The Hall–Kier alpha value is -2.93. The second kappa shape index (κ2) is 11.3. The number of hydrogen-bond acceptors (Lipinski definition) is 3. The Morgan fingerprint density at radius 3 is 2.15 bits per heavy atom. The quantitative estimate of drug-likeness (QED) is 0.637. The summed E-state index contributed by atoms with van der Waals surface area (Å²) in [5.41, 5.74) is 0.849. The van der Waals surface area contributed by atoms with Crippen molar-refractivity contribution in [2.45, 2.75) is 45.2 Å². The zero-order valence-electron chi connectivity index (χ0n) is 18.8. The van der Waals surface area contributed by atoms with Crippen molar-refractivity contribution in [1.82, 2.24) is 15.5 Å². The topological polar surface area (TPSA) is 78.5 Å². The van der Waals surface area contributed by atoms with Crippen molar-refractivity contribution in [3.8, 4) is 0 Å². The summed E-state index contributed by atoms with van der Waals surface area (Å²) >= 11 is 5.91. The molecule has 2 aromatic carbocycles. The summed E-state index contributed by atoms with van der Waals surface area (Å²) in [5, 5.41) is 6.36. The molecule has 1 heterocycles. The number of hydrogen-bond donors (Lipinski definition) is 2. The van der Waals surface area contributed by atoms with Gasteiger partial charge in [-0.15, -0.1) is 0 Å². The Morgan fingerprint density at radius 1 is 1.00 bits per heavy atom. The third-order valence-corrected chi connectivity index (χ3v) is 6.32. The molecule has 0 aliphatic carbocycles. The lowest BCUT2D eigenvalue weighted by Gasteiger charge is -2.36. The number of carbonyl (C=O) groups excluding carboxylic acids is 3. The number of likely N-dealkylation sites (tertiary alicyclic amines) is 1. The summed E-state index contributed by atoms with van der Waals surface area (Å²) in [6.07, 6.45) is 1.90. The van der Waals surface area contributed by atoms with Gasteiger partial charge in [0.15, 0.2) is 0 Å². The van der Waals surface area contributed by atoms with Crippen molar-refractivity contribution in [2.75, 3.05) is 13.1 Å². The molecule has 3 rings (SSSR count). The minimum Gasteiger partial charge on any atom is -0.352 e. The number of rotatable bonds is 7. The second-order valence-electron chi connectivity index (χ2n) is 8.41. The number of nitrogens with zero attached hydrogens (tertiary/aromatic N) is 1. The molecule has 1 fully saturated rings. The highest BCUT2D eigenvalue weighted by Gasteiger charge is 2.34. The van der Waals surface area contributed by atoms with Gasteiger partial charge in [-0.1, -0.05) is 18.5 Å². The highest BCUT2D eigenvalue weighted by molar-refractivity contribution is 6.30. The van der Waals surface area contributed by atoms with Gasteiger partial charge in [-0.2, -0.15) is 0 Å². The van der Waals surface area contributed by atoms with Crippen molar-refractivity contribution in [1.29, 1.82) is 0 Å². The van der Waals surface area contributed by atoms with Crippen molar-refractivity contribution in [2.24, 2.45) is 5.92 Å². The van der Waals surface area contributed by atoms with Crippen LogP contribution in [-0.2, 0) is 4.79 Å². The van der Waals surface area contributed by atoms with Gasteiger partial charge in [0, 0.05) is 35.3 Å². The Morgan fingerprint density at radius 2 is 1.58 bits per heavy atom. The summed E-state index contributed by atoms with van der Waals surface area (Å²) < 4.78 is 13.2. The molecule has 1 saturated heterocycles. The second-order valence-corrected chi connectivity index (χ2v) is 8.85.